The zero-order chi connectivity index (χ0) is 29.6. The molecule has 214 valence electrons. The van der Waals surface area contributed by atoms with E-state index in [1.54, 1.807) is 54.6 Å². The normalized spacial score (nSPS) is 12.2. The van der Waals surface area contributed by atoms with Crippen molar-refractivity contribution in [2.75, 3.05) is 10.8 Å². The highest BCUT2D eigenvalue weighted by Gasteiger charge is 2.34. The lowest BCUT2D eigenvalue weighted by molar-refractivity contribution is -0.140. The van der Waals surface area contributed by atoms with Crippen molar-refractivity contribution in [3.05, 3.63) is 94.0 Å². The number of rotatable bonds is 11. The van der Waals surface area contributed by atoms with Gasteiger partial charge in [-0.1, -0.05) is 60.5 Å². The van der Waals surface area contributed by atoms with Crippen LogP contribution in [0.25, 0.3) is 0 Å². The van der Waals surface area contributed by atoms with E-state index in [0.717, 1.165) is 21.0 Å². The molecule has 0 heterocycles. The fourth-order valence-corrected chi connectivity index (χ4v) is 6.02. The maximum atomic E-state index is 14.1. The topological polar surface area (TPSA) is 86.8 Å². The van der Waals surface area contributed by atoms with Crippen LogP contribution in [0.2, 0.25) is 5.02 Å². The average Bonchev–Trinajstić information content (AvgIpc) is 2.89. The molecule has 0 fully saturated rings. The van der Waals surface area contributed by atoms with Crippen molar-refractivity contribution in [1.82, 2.24) is 10.2 Å². The van der Waals surface area contributed by atoms with Gasteiger partial charge in [0.05, 0.1) is 10.6 Å². The van der Waals surface area contributed by atoms with E-state index < -0.39 is 28.5 Å². The van der Waals surface area contributed by atoms with Gasteiger partial charge in [0.25, 0.3) is 10.0 Å². The van der Waals surface area contributed by atoms with E-state index in [9.17, 15) is 18.0 Å². The Bertz CT molecular complexity index is 1440. The van der Waals surface area contributed by atoms with E-state index in [4.69, 9.17) is 11.6 Å². The number of carbonyl (C=O) groups is 2. The van der Waals surface area contributed by atoms with Crippen LogP contribution >= 0.6 is 11.6 Å². The van der Waals surface area contributed by atoms with Crippen LogP contribution in [0.1, 0.15) is 49.4 Å². The summed E-state index contributed by atoms with van der Waals surface area (Å²) >= 11 is 6.07. The van der Waals surface area contributed by atoms with Gasteiger partial charge in [0.2, 0.25) is 11.8 Å². The van der Waals surface area contributed by atoms with Gasteiger partial charge in [-0.25, -0.2) is 8.42 Å². The average molecular weight is 584 g/mol. The predicted molar refractivity (Wildman–Crippen MR) is 161 cm³/mol. The third-order valence-electron chi connectivity index (χ3n) is 6.60. The van der Waals surface area contributed by atoms with E-state index in [0.29, 0.717) is 22.7 Å². The van der Waals surface area contributed by atoms with Crippen LogP contribution in [0, 0.1) is 20.8 Å². The number of aryl methyl sites for hydroxylation is 3. The van der Waals surface area contributed by atoms with Crippen molar-refractivity contribution in [2.24, 2.45) is 0 Å². The number of amides is 2. The molecule has 9 heteroatoms. The van der Waals surface area contributed by atoms with Gasteiger partial charge < -0.3 is 10.2 Å². The molecule has 0 bridgehead atoms. The summed E-state index contributed by atoms with van der Waals surface area (Å²) in [5, 5.41) is 3.45. The van der Waals surface area contributed by atoms with Crippen molar-refractivity contribution < 1.29 is 18.0 Å². The molecular formula is C31H38ClN3O4S. The molecule has 0 radical (unpaired) electrons. The number of halogens is 1. The number of nitrogens with one attached hydrogen (secondary N) is 1. The molecule has 1 N–H and O–H groups in total. The molecule has 1 atom stereocenters. The molecule has 3 aromatic carbocycles. The lowest BCUT2D eigenvalue weighted by Crippen LogP contribution is -2.53. The molecule has 0 aromatic heterocycles. The van der Waals surface area contributed by atoms with E-state index in [-0.39, 0.29) is 23.4 Å². The van der Waals surface area contributed by atoms with E-state index >= 15 is 0 Å². The van der Waals surface area contributed by atoms with Gasteiger partial charge in [0.15, 0.2) is 0 Å². The Balaban J connectivity index is 2.10. The van der Waals surface area contributed by atoms with Crippen LogP contribution in [0.15, 0.2) is 71.6 Å². The highest BCUT2D eigenvalue weighted by Crippen LogP contribution is 2.29. The predicted octanol–water partition coefficient (Wildman–Crippen LogP) is 5.79. The monoisotopic (exact) mass is 583 g/mol. The molecule has 0 spiro atoms. The summed E-state index contributed by atoms with van der Waals surface area (Å²) in [7, 11) is -4.12. The lowest BCUT2D eigenvalue weighted by Gasteiger charge is -2.34. The summed E-state index contributed by atoms with van der Waals surface area (Å²) in [6.07, 6.45) is 0.353. The number of hydrogen-bond donors (Lipinski definition) is 1. The van der Waals surface area contributed by atoms with E-state index in [1.165, 1.54) is 4.90 Å². The minimum atomic E-state index is -4.12. The first-order valence-electron chi connectivity index (χ1n) is 13.3. The Morgan fingerprint density at radius 3 is 2.08 bits per heavy atom. The lowest BCUT2D eigenvalue weighted by atomic mass is 10.1. The van der Waals surface area contributed by atoms with Gasteiger partial charge in [0, 0.05) is 17.6 Å². The molecule has 40 heavy (non-hydrogen) atoms. The summed E-state index contributed by atoms with van der Waals surface area (Å²) in [5.41, 5.74) is 3.68. The van der Waals surface area contributed by atoms with Gasteiger partial charge in [-0.15, -0.1) is 0 Å². The van der Waals surface area contributed by atoms with Crippen molar-refractivity contribution in [3.8, 4) is 0 Å². The molecule has 0 unspecified atom stereocenters. The van der Waals surface area contributed by atoms with E-state index in [1.807, 2.05) is 53.7 Å². The Morgan fingerprint density at radius 2 is 1.50 bits per heavy atom. The summed E-state index contributed by atoms with van der Waals surface area (Å²) in [5.74, 6) is -0.781. The van der Waals surface area contributed by atoms with Crippen molar-refractivity contribution in [3.63, 3.8) is 0 Å². The maximum absolute atomic E-state index is 14.1. The van der Waals surface area contributed by atoms with Crippen molar-refractivity contribution >= 4 is 39.1 Å². The third-order valence-corrected chi connectivity index (χ3v) is 8.63. The first-order valence-corrected chi connectivity index (χ1v) is 15.2. The van der Waals surface area contributed by atoms with Gasteiger partial charge in [-0.3, -0.25) is 13.9 Å². The zero-order valence-electron chi connectivity index (χ0n) is 23.9. The van der Waals surface area contributed by atoms with Gasteiger partial charge in [0.1, 0.15) is 12.6 Å². The highest BCUT2D eigenvalue weighted by molar-refractivity contribution is 7.92. The SMILES string of the molecule is CC[C@H](C(=O)NC(C)C)N(Cc1ccc(Cl)cc1)C(=O)CN(c1cc(C)ccc1C)S(=O)(=O)c1ccc(C)cc1. The number of anilines is 1. The first kappa shape index (κ1) is 31.2. The molecule has 3 aromatic rings. The quantitative estimate of drug-likeness (QED) is 0.309. The first-order chi connectivity index (χ1) is 18.8. The summed E-state index contributed by atoms with van der Waals surface area (Å²) in [6, 6.07) is 18.2. The van der Waals surface area contributed by atoms with Crippen molar-refractivity contribution in [1.29, 1.82) is 0 Å². The zero-order valence-corrected chi connectivity index (χ0v) is 25.5. The molecule has 0 aliphatic heterocycles. The van der Waals surface area contributed by atoms with Crippen LogP contribution in [-0.4, -0.2) is 43.8 Å². The Hall–Kier alpha value is -3.36. The summed E-state index contributed by atoms with van der Waals surface area (Å²) < 4.78 is 29.2. The maximum Gasteiger partial charge on any atom is 0.264 e. The number of carbonyl (C=O) groups excluding carboxylic acids is 2. The summed E-state index contributed by atoms with van der Waals surface area (Å²) in [6.45, 7) is 10.7. The minimum Gasteiger partial charge on any atom is -0.352 e. The van der Waals surface area contributed by atoms with Gasteiger partial charge >= 0.3 is 0 Å². The van der Waals surface area contributed by atoms with Crippen LogP contribution in [0.3, 0.4) is 0 Å². The van der Waals surface area contributed by atoms with Crippen molar-refractivity contribution in [2.45, 2.75) is 71.5 Å². The third kappa shape index (κ3) is 7.64. The smallest absolute Gasteiger partial charge is 0.264 e. The molecule has 0 aliphatic rings. The molecule has 3 rings (SSSR count). The second kappa shape index (κ2) is 13.3. The second-order valence-electron chi connectivity index (χ2n) is 10.4. The number of hydrogen-bond acceptors (Lipinski definition) is 4. The highest BCUT2D eigenvalue weighted by atomic mass is 35.5. The van der Waals surface area contributed by atoms with Crippen LogP contribution in [0.5, 0.6) is 0 Å². The van der Waals surface area contributed by atoms with Gasteiger partial charge in [-0.2, -0.15) is 0 Å². The van der Waals surface area contributed by atoms with Crippen LogP contribution < -0.4 is 9.62 Å². The fraction of sp³-hybridized carbons (Fsp3) is 0.355. The summed E-state index contributed by atoms with van der Waals surface area (Å²) in [4.78, 5) is 28.9. The number of nitrogens with zero attached hydrogens (tertiary/aromatic N) is 2. The Labute approximate surface area is 243 Å². The number of benzene rings is 3. The Kier molecular flexibility index (Phi) is 10.4. The Morgan fingerprint density at radius 1 is 0.900 bits per heavy atom. The van der Waals surface area contributed by atoms with E-state index in [2.05, 4.69) is 5.32 Å². The number of sulfonamides is 1. The van der Waals surface area contributed by atoms with Crippen LogP contribution in [0.4, 0.5) is 5.69 Å². The molecule has 0 saturated carbocycles. The van der Waals surface area contributed by atoms with Gasteiger partial charge in [-0.05, 0) is 88.1 Å². The van der Waals surface area contributed by atoms with Crippen LogP contribution in [-0.2, 0) is 26.2 Å². The molecule has 2 amide bonds. The molecule has 7 nitrogen and oxygen atoms in total. The molecular weight excluding hydrogens is 546 g/mol. The standard InChI is InChI=1S/C31H38ClN3O4S/c1-7-28(31(37)33-21(2)3)34(19-25-12-14-26(32)15-13-25)30(36)20-35(29-18-23(5)8-11-24(29)6)40(38,39)27-16-9-22(4)10-17-27/h8-18,21,28H,7,19-20H2,1-6H3,(H,33,37)/t28-/m1/s1. The molecule has 0 aliphatic carbocycles. The minimum absolute atomic E-state index is 0.0839. The second-order valence-corrected chi connectivity index (χ2v) is 12.6. The largest absolute Gasteiger partial charge is 0.352 e. The fourth-order valence-electron chi connectivity index (χ4n) is 4.43. The molecule has 0 saturated heterocycles.